The van der Waals surface area contributed by atoms with Crippen molar-refractivity contribution < 1.29 is 18.2 Å². The van der Waals surface area contributed by atoms with Crippen LogP contribution in [0.25, 0.3) is 22.4 Å². The van der Waals surface area contributed by atoms with Gasteiger partial charge in [-0.2, -0.15) is 13.2 Å². The van der Waals surface area contributed by atoms with Gasteiger partial charge < -0.3 is 15.2 Å². The second kappa shape index (κ2) is 11.3. The highest BCUT2D eigenvalue weighted by Crippen LogP contribution is 2.33. The molecule has 0 amide bonds. The number of nitrogens with zero attached hydrogens (tertiary/aromatic N) is 6. The van der Waals surface area contributed by atoms with Crippen LogP contribution in [0.15, 0.2) is 48.0 Å². The molecule has 0 fully saturated rings. The van der Waals surface area contributed by atoms with Crippen LogP contribution in [-0.4, -0.2) is 37.6 Å². The molecule has 0 bridgehead atoms. The number of thiazole rings is 1. The Kier molecular flexibility index (Phi) is 8.42. The third kappa shape index (κ3) is 6.66. The monoisotopic (exact) mass is 540 g/mol. The van der Waals surface area contributed by atoms with Crippen molar-refractivity contribution in [2.45, 2.75) is 19.6 Å². The van der Waals surface area contributed by atoms with E-state index in [1.54, 1.807) is 36.3 Å². The Balaban J connectivity index is 0.000000214. The predicted molar refractivity (Wildman–Crippen MR) is 131 cm³/mol. The molecule has 3 aromatic heterocycles. The van der Waals surface area contributed by atoms with Gasteiger partial charge in [-0.05, 0) is 36.8 Å². The van der Waals surface area contributed by atoms with Gasteiger partial charge in [0.15, 0.2) is 9.50 Å². The number of rotatable bonds is 4. The van der Waals surface area contributed by atoms with E-state index in [0.29, 0.717) is 27.9 Å². The first-order valence-corrected chi connectivity index (χ1v) is 11.4. The van der Waals surface area contributed by atoms with Crippen LogP contribution < -0.4 is 10.6 Å². The van der Waals surface area contributed by atoms with Crippen molar-refractivity contribution in [3.63, 3.8) is 0 Å². The lowest BCUT2D eigenvalue weighted by atomic mass is 10.1. The largest absolute Gasteiger partial charge is 0.416 e. The van der Waals surface area contributed by atoms with Gasteiger partial charge in [0.2, 0.25) is 0 Å². The van der Waals surface area contributed by atoms with Crippen molar-refractivity contribution in [2.24, 2.45) is 12.1 Å². The van der Waals surface area contributed by atoms with E-state index in [1.807, 2.05) is 6.92 Å². The lowest BCUT2D eigenvalue weighted by Gasteiger charge is -2.06. The molecule has 0 aliphatic rings. The summed E-state index contributed by atoms with van der Waals surface area (Å²) in [5.41, 5.74) is 2.09. The van der Waals surface area contributed by atoms with Crippen LogP contribution in [0.3, 0.4) is 0 Å². The predicted octanol–water partition coefficient (Wildman–Crippen LogP) is 4.62. The molecule has 36 heavy (non-hydrogen) atoms. The minimum Gasteiger partial charge on any atom is -0.354 e. The van der Waals surface area contributed by atoms with E-state index in [2.05, 4.69) is 30.7 Å². The number of hydrazone groups is 1. The van der Waals surface area contributed by atoms with Crippen LogP contribution >= 0.6 is 22.9 Å². The molecular formula is C21H20ClF3N8O2S. The Morgan fingerprint density at radius 1 is 1.31 bits per heavy atom. The number of aromatic nitrogens is 4. The van der Waals surface area contributed by atoms with Crippen LogP contribution in [0.5, 0.6) is 0 Å². The third-order valence-corrected chi connectivity index (χ3v) is 5.96. The van der Waals surface area contributed by atoms with Crippen LogP contribution in [0, 0.1) is 17.0 Å². The maximum absolute atomic E-state index is 12.8. The topological polar surface area (TPSA) is 123 Å². The van der Waals surface area contributed by atoms with Gasteiger partial charge in [-0.1, -0.05) is 11.6 Å². The molecule has 0 atom stereocenters. The zero-order valence-corrected chi connectivity index (χ0v) is 20.7. The lowest BCUT2D eigenvalue weighted by Crippen LogP contribution is -2.34. The van der Waals surface area contributed by atoms with Crippen LogP contribution in [0.1, 0.15) is 16.0 Å². The van der Waals surface area contributed by atoms with Crippen molar-refractivity contribution >= 4 is 39.9 Å². The van der Waals surface area contributed by atoms with Crippen LogP contribution in [0.4, 0.5) is 13.2 Å². The minimum absolute atomic E-state index is 0.0875. The number of halogens is 4. The highest BCUT2D eigenvalue weighted by molar-refractivity contribution is 7.15. The Morgan fingerprint density at radius 3 is 2.64 bits per heavy atom. The van der Waals surface area contributed by atoms with Gasteiger partial charge in [0, 0.05) is 43.1 Å². The van der Waals surface area contributed by atoms with Gasteiger partial charge >= 0.3 is 6.18 Å². The first-order chi connectivity index (χ1) is 17.0. The smallest absolute Gasteiger partial charge is 0.354 e. The summed E-state index contributed by atoms with van der Waals surface area (Å²) in [5, 5.41) is 17.7. The first kappa shape index (κ1) is 26.8. The number of fused-ring (bicyclic) bond motifs is 1. The molecule has 2 N–H and O–H groups in total. The number of alkyl halides is 3. The van der Waals surface area contributed by atoms with Crippen molar-refractivity contribution in [1.29, 1.82) is 0 Å². The van der Waals surface area contributed by atoms with Crippen molar-refractivity contribution in [1.82, 2.24) is 30.2 Å². The number of hydrogen-bond donors (Lipinski definition) is 2. The normalized spacial score (nSPS) is 11.7. The zero-order valence-electron chi connectivity index (χ0n) is 19.2. The Hall–Kier alpha value is -3.78. The highest BCUT2D eigenvalue weighted by Gasteiger charge is 2.31. The molecular weight excluding hydrogens is 521 g/mol. The summed E-state index contributed by atoms with van der Waals surface area (Å²) in [4.78, 5) is 23.2. The fourth-order valence-electron chi connectivity index (χ4n) is 3.13. The molecule has 0 saturated heterocycles. The Labute approximate surface area is 212 Å². The number of pyridine rings is 1. The molecule has 0 unspecified atom stereocenters. The third-order valence-electron chi connectivity index (χ3n) is 4.84. The molecule has 15 heteroatoms. The summed E-state index contributed by atoms with van der Waals surface area (Å²) in [6, 6.07) is 5.41. The maximum atomic E-state index is 12.8. The van der Waals surface area contributed by atoms with Gasteiger partial charge in [-0.25, -0.2) is 20.1 Å². The van der Waals surface area contributed by atoms with E-state index >= 15 is 0 Å². The van der Waals surface area contributed by atoms with Gasteiger partial charge in [-0.3, -0.25) is 4.98 Å². The molecule has 1 aromatic carbocycles. The second-order valence-electron chi connectivity index (χ2n) is 7.26. The summed E-state index contributed by atoms with van der Waals surface area (Å²) in [6.07, 6.45) is 0.580. The number of aryl methyl sites for hydroxylation is 2. The Morgan fingerprint density at radius 2 is 2.06 bits per heavy atom. The molecule has 0 aliphatic heterocycles. The van der Waals surface area contributed by atoms with Gasteiger partial charge in [0.1, 0.15) is 10.9 Å². The van der Waals surface area contributed by atoms with Crippen molar-refractivity contribution in [3.05, 3.63) is 73.4 Å². The van der Waals surface area contributed by atoms with E-state index in [9.17, 15) is 23.3 Å². The van der Waals surface area contributed by atoms with Crippen LogP contribution in [0.2, 0.25) is 4.47 Å². The highest BCUT2D eigenvalue weighted by atomic mass is 35.5. The average molecular weight is 541 g/mol. The molecule has 4 aromatic rings. The number of hydrogen-bond acceptors (Lipinski definition) is 6. The van der Waals surface area contributed by atoms with E-state index in [4.69, 9.17) is 11.6 Å². The molecule has 0 radical (unpaired) electrons. The standard InChI is InChI=1S/C15H12F3N3.C6H8ClN5O2S/c1-9-8-19-6-5-11(9)14-20-12-7-10(15(16,17)18)3-4-13(12)21(14)2;1-8-6(11-12(13)14)10-3-4-2-9-5(7)15-4/h3-8H,1-2H3;2H,3H2,1H3,(H2,8,10,11). The molecule has 190 valence electrons. The molecule has 4 rings (SSSR count). The number of guanidine groups is 1. The quantitative estimate of drug-likeness (QED) is 0.168. The minimum atomic E-state index is -4.36. The average Bonchev–Trinajstić information content (AvgIpc) is 3.39. The van der Waals surface area contributed by atoms with E-state index < -0.39 is 16.8 Å². The summed E-state index contributed by atoms with van der Waals surface area (Å²) in [5.74, 6) is 0.716. The fourth-order valence-corrected chi connectivity index (χ4v) is 4.05. The molecule has 0 spiro atoms. The Bertz CT molecular complexity index is 1400. The number of imidazole rings is 1. The van der Waals surface area contributed by atoms with Gasteiger partial charge in [-0.15, -0.1) is 11.3 Å². The summed E-state index contributed by atoms with van der Waals surface area (Å²) < 4.78 is 40.5. The van der Waals surface area contributed by atoms with Crippen molar-refractivity contribution in [3.8, 4) is 11.4 Å². The van der Waals surface area contributed by atoms with Crippen LogP contribution in [-0.2, 0) is 19.8 Å². The number of nitrogens with one attached hydrogen (secondary N) is 2. The van der Waals surface area contributed by atoms with Gasteiger partial charge in [0.05, 0.1) is 23.1 Å². The lowest BCUT2D eigenvalue weighted by molar-refractivity contribution is -0.485. The molecule has 0 saturated carbocycles. The van der Waals surface area contributed by atoms with Gasteiger partial charge in [0.25, 0.3) is 5.96 Å². The van der Waals surface area contributed by atoms with E-state index in [1.165, 1.54) is 24.5 Å². The SMILES string of the molecule is CN/C(=N\[N+](=O)[O-])NCc1cnc(Cl)s1.Cc1cnccc1-c1nc2cc(C(F)(F)F)ccc2n1C. The molecule has 3 heterocycles. The molecule has 10 nitrogen and oxygen atoms in total. The second-order valence-corrected chi connectivity index (χ2v) is 8.95. The number of benzene rings is 1. The van der Waals surface area contributed by atoms with Crippen molar-refractivity contribution in [2.75, 3.05) is 7.05 Å². The number of nitro groups is 1. The summed E-state index contributed by atoms with van der Waals surface area (Å²) >= 11 is 6.92. The first-order valence-electron chi connectivity index (χ1n) is 10.2. The molecule has 0 aliphatic carbocycles. The van der Waals surface area contributed by atoms with E-state index in [-0.39, 0.29) is 5.96 Å². The maximum Gasteiger partial charge on any atom is 0.416 e. The summed E-state index contributed by atoms with van der Waals surface area (Å²) in [6.45, 7) is 2.28. The fraction of sp³-hybridized carbons (Fsp3) is 0.238. The van der Waals surface area contributed by atoms with E-state index in [0.717, 1.165) is 28.1 Å². The summed E-state index contributed by atoms with van der Waals surface area (Å²) in [7, 11) is 3.33. The zero-order chi connectivity index (χ0) is 26.5.